The summed E-state index contributed by atoms with van der Waals surface area (Å²) in [6.45, 7) is 0.909. The van der Waals surface area contributed by atoms with Crippen molar-refractivity contribution in [1.82, 2.24) is 9.78 Å². The van der Waals surface area contributed by atoms with Crippen LogP contribution in [-0.4, -0.2) is 35.8 Å². The van der Waals surface area contributed by atoms with Crippen molar-refractivity contribution < 1.29 is 18.1 Å². The van der Waals surface area contributed by atoms with E-state index < -0.39 is 25.7 Å². The van der Waals surface area contributed by atoms with Gasteiger partial charge in [0.2, 0.25) is 14.9 Å². The summed E-state index contributed by atoms with van der Waals surface area (Å²) in [7, 11) is -4.16. The molecule has 0 amide bonds. The molecule has 0 spiro atoms. The fraction of sp³-hybridized carbons (Fsp3) is 0.667. The lowest BCUT2D eigenvalue weighted by Crippen LogP contribution is -2.24. The number of primary sulfonamides is 1. The lowest BCUT2D eigenvalue weighted by Gasteiger charge is -2.21. The standard InChI is InChI=1S/C9H14N4O5S/c10-19(16,17)8-6-12(11-9(8)13(14)15)5-7-3-1-2-4-18-7/h6-7H,1-5H2,(H2,10,16,17). The van der Waals surface area contributed by atoms with Crippen LogP contribution in [-0.2, 0) is 21.3 Å². The van der Waals surface area contributed by atoms with E-state index in [0.717, 1.165) is 25.5 Å². The minimum absolute atomic E-state index is 0.110. The fourth-order valence-corrected chi connectivity index (χ4v) is 2.61. The molecule has 0 radical (unpaired) electrons. The maximum Gasteiger partial charge on any atom is 0.410 e. The molecule has 1 unspecified atom stereocenters. The minimum Gasteiger partial charge on any atom is -0.376 e. The number of hydrogen-bond donors (Lipinski definition) is 1. The highest BCUT2D eigenvalue weighted by Gasteiger charge is 2.29. The predicted octanol–water partition coefficient (Wildman–Crippen LogP) is 0.00780. The average Bonchev–Trinajstić information content (AvgIpc) is 2.74. The molecular weight excluding hydrogens is 276 g/mol. The maximum absolute atomic E-state index is 11.3. The normalized spacial score (nSPS) is 20.4. The van der Waals surface area contributed by atoms with Crippen molar-refractivity contribution in [3.8, 4) is 0 Å². The van der Waals surface area contributed by atoms with Gasteiger partial charge in [0.05, 0.1) is 23.9 Å². The fourth-order valence-electron chi connectivity index (χ4n) is 1.97. The van der Waals surface area contributed by atoms with E-state index in [1.54, 1.807) is 0 Å². The molecule has 106 valence electrons. The molecule has 2 N–H and O–H groups in total. The van der Waals surface area contributed by atoms with Gasteiger partial charge >= 0.3 is 5.82 Å². The minimum atomic E-state index is -4.16. The van der Waals surface area contributed by atoms with Crippen LogP contribution in [0.2, 0.25) is 0 Å². The van der Waals surface area contributed by atoms with E-state index in [9.17, 15) is 18.5 Å². The molecule has 1 aromatic heterocycles. The van der Waals surface area contributed by atoms with Gasteiger partial charge in [0.15, 0.2) is 0 Å². The zero-order chi connectivity index (χ0) is 14.0. The Labute approximate surface area is 109 Å². The molecule has 1 atom stereocenters. The molecule has 1 saturated heterocycles. The van der Waals surface area contributed by atoms with E-state index in [4.69, 9.17) is 9.88 Å². The van der Waals surface area contributed by atoms with Crippen LogP contribution in [0.4, 0.5) is 5.82 Å². The zero-order valence-corrected chi connectivity index (χ0v) is 10.9. The highest BCUT2D eigenvalue weighted by Crippen LogP contribution is 2.21. The highest BCUT2D eigenvalue weighted by atomic mass is 32.2. The first-order valence-electron chi connectivity index (χ1n) is 5.74. The number of rotatable bonds is 4. The second-order valence-corrected chi connectivity index (χ2v) is 5.86. The summed E-state index contributed by atoms with van der Waals surface area (Å²) in [5.41, 5.74) is 0. The molecule has 19 heavy (non-hydrogen) atoms. The molecular formula is C9H14N4O5S. The van der Waals surface area contributed by atoms with Gasteiger partial charge < -0.3 is 14.9 Å². The third-order valence-electron chi connectivity index (χ3n) is 2.85. The largest absolute Gasteiger partial charge is 0.410 e. The maximum atomic E-state index is 11.3. The number of ether oxygens (including phenoxy) is 1. The van der Waals surface area contributed by atoms with Gasteiger partial charge in [0.1, 0.15) is 0 Å². The van der Waals surface area contributed by atoms with Crippen molar-refractivity contribution in [1.29, 1.82) is 0 Å². The van der Waals surface area contributed by atoms with Gasteiger partial charge in [0, 0.05) is 6.61 Å². The Kier molecular flexibility index (Phi) is 3.83. The van der Waals surface area contributed by atoms with E-state index in [2.05, 4.69) is 5.10 Å². The summed E-state index contributed by atoms with van der Waals surface area (Å²) in [5, 5.41) is 19.3. The van der Waals surface area contributed by atoms with Gasteiger partial charge in [-0.3, -0.25) is 0 Å². The Bertz CT molecular complexity index is 575. The van der Waals surface area contributed by atoms with Gasteiger partial charge in [-0.25, -0.2) is 13.6 Å². The van der Waals surface area contributed by atoms with Crippen LogP contribution in [0.25, 0.3) is 0 Å². The van der Waals surface area contributed by atoms with Crippen molar-refractivity contribution in [3.63, 3.8) is 0 Å². The first-order valence-corrected chi connectivity index (χ1v) is 7.29. The van der Waals surface area contributed by atoms with Crippen molar-refractivity contribution in [2.75, 3.05) is 6.61 Å². The number of nitrogens with zero attached hydrogens (tertiary/aromatic N) is 3. The quantitative estimate of drug-likeness (QED) is 0.613. The molecule has 2 rings (SSSR count). The summed E-state index contributed by atoms with van der Waals surface area (Å²) >= 11 is 0. The molecule has 10 heteroatoms. The molecule has 9 nitrogen and oxygen atoms in total. The van der Waals surface area contributed by atoms with Gasteiger partial charge in [0.25, 0.3) is 0 Å². The Morgan fingerprint density at radius 1 is 1.58 bits per heavy atom. The summed E-state index contributed by atoms with van der Waals surface area (Å²) in [6, 6.07) is 0. The Balaban J connectivity index is 2.25. The van der Waals surface area contributed by atoms with Crippen LogP contribution in [0.3, 0.4) is 0 Å². The number of sulfonamides is 1. The molecule has 0 saturated carbocycles. The van der Waals surface area contributed by atoms with Crippen LogP contribution in [0.15, 0.2) is 11.1 Å². The van der Waals surface area contributed by atoms with Gasteiger partial charge in [-0.05, 0) is 24.2 Å². The van der Waals surface area contributed by atoms with Crippen molar-refractivity contribution in [2.45, 2.75) is 36.8 Å². The summed E-state index contributed by atoms with van der Waals surface area (Å²) in [6.07, 6.45) is 3.78. The van der Waals surface area contributed by atoms with Crippen LogP contribution in [0.1, 0.15) is 19.3 Å². The summed E-state index contributed by atoms with van der Waals surface area (Å²) in [5.74, 6) is -0.752. The van der Waals surface area contributed by atoms with E-state index >= 15 is 0 Å². The van der Waals surface area contributed by atoms with Crippen molar-refractivity contribution in [3.05, 3.63) is 16.3 Å². The van der Waals surface area contributed by atoms with Crippen LogP contribution in [0.5, 0.6) is 0 Å². The first kappa shape index (κ1) is 13.9. The third-order valence-corrected chi connectivity index (χ3v) is 3.76. The molecule has 1 aliphatic heterocycles. The van der Waals surface area contributed by atoms with Crippen molar-refractivity contribution in [2.24, 2.45) is 5.14 Å². The average molecular weight is 290 g/mol. The lowest BCUT2D eigenvalue weighted by atomic mass is 10.1. The summed E-state index contributed by atoms with van der Waals surface area (Å²) in [4.78, 5) is 9.31. The highest BCUT2D eigenvalue weighted by molar-refractivity contribution is 7.89. The Morgan fingerprint density at radius 2 is 2.32 bits per heavy atom. The van der Waals surface area contributed by atoms with Crippen LogP contribution in [0, 0.1) is 10.1 Å². The second-order valence-electron chi connectivity index (χ2n) is 4.33. The molecule has 0 aromatic carbocycles. The number of nitrogens with two attached hydrogens (primary N) is 1. The zero-order valence-electron chi connectivity index (χ0n) is 10.1. The number of nitro groups is 1. The van der Waals surface area contributed by atoms with Gasteiger partial charge in [-0.15, -0.1) is 0 Å². The first-order chi connectivity index (χ1) is 8.88. The third kappa shape index (κ3) is 3.28. The second kappa shape index (κ2) is 5.23. The monoisotopic (exact) mass is 290 g/mol. The molecule has 1 aliphatic rings. The predicted molar refractivity (Wildman–Crippen MR) is 63.8 cm³/mol. The number of hydrogen-bond acceptors (Lipinski definition) is 6. The molecule has 1 fully saturated rings. The van der Waals surface area contributed by atoms with Crippen LogP contribution >= 0.6 is 0 Å². The van der Waals surface area contributed by atoms with E-state index in [1.807, 2.05) is 0 Å². The SMILES string of the molecule is NS(=O)(=O)c1cn(CC2CCCCO2)nc1[N+](=O)[O-]. The van der Waals surface area contributed by atoms with Crippen LogP contribution < -0.4 is 5.14 Å². The number of aromatic nitrogens is 2. The Hall–Kier alpha value is -1.52. The van der Waals surface area contributed by atoms with Crippen molar-refractivity contribution >= 4 is 15.8 Å². The van der Waals surface area contributed by atoms with Gasteiger partial charge in [-0.2, -0.15) is 4.68 Å². The molecule has 0 bridgehead atoms. The lowest BCUT2D eigenvalue weighted by molar-refractivity contribution is -0.392. The topological polar surface area (TPSA) is 130 Å². The molecule has 1 aromatic rings. The summed E-state index contributed by atoms with van der Waals surface area (Å²) < 4.78 is 29.2. The van der Waals surface area contributed by atoms with E-state index in [1.165, 1.54) is 4.68 Å². The smallest absolute Gasteiger partial charge is 0.376 e. The molecule has 2 heterocycles. The Morgan fingerprint density at radius 3 is 2.79 bits per heavy atom. The van der Waals surface area contributed by atoms with E-state index in [-0.39, 0.29) is 12.6 Å². The molecule has 0 aliphatic carbocycles. The van der Waals surface area contributed by atoms with E-state index in [0.29, 0.717) is 6.61 Å². The van der Waals surface area contributed by atoms with Gasteiger partial charge in [-0.1, -0.05) is 0 Å².